The Kier molecular flexibility index (Phi) is 4.46. The van der Waals surface area contributed by atoms with Crippen LogP contribution in [0, 0.1) is 6.92 Å². The number of hydrogen-bond acceptors (Lipinski definition) is 2. The van der Waals surface area contributed by atoms with Crippen LogP contribution in [0.25, 0.3) is 0 Å². The van der Waals surface area contributed by atoms with Crippen molar-refractivity contribution in [2.45, 2.75) is 50.4 Å². The van der Waals surface area contributed by atoms with Crippen molar-refractivity contribution in [3.8, 4) is 0 Å². The van der Waals surface area contributed by atoms with Gasteiger partial charge in [0.1, 0.15) is 0 Å². The molecule has 0 radical (unpaired) electrons. The lowest BCUT2D eigenvalue weighted by atomic mass is 10.1. The van der Waals surface area contributed by atoms with Crippen LogP contribution >= 0.6 is 22.9 Å². The first kappa shape index (κ1) is 12.9. The molecule has 0 spiro atoms. The van der Waals surface area contributed by atoms with E-state index in [0.717, 1.165) is 29.7 Å². The molecule has 2 atom stereocenters. The molecule has 2 rings (SSSR count). The van der Waals surface area contributed by atoms with Gasteiger partial charge in [0.15, 0.2) is 0 Å². The largest absolute Gasteiger partial charge is 0.347 e. The average molecular weight is 272 g/mol. The van der Waals surface area contributed by atoms with E-state index in [0.29, 0.717) is 0 Å². The lowest BCUT2D eigenvalue weighted by Gasteiger charge is -2.20. The van der Waals surface area contributed by atoms with Crippen molar-refractivity contribution in [2.75, 3.05) is 0 Å². The third-order valence-electron chi connectivity index (χ3n) is 3.32. The topological polar surface area (TPSA) is 29.1 Å². The van der Waals surface area contributed by atoms with Crippen molar-refractivity contribution >= 4 is 28.8 Å². The maximum atomic E-state index is 12.1. The molecule has 1 amide bonds. The number of hydrogen-bond donors (Lipinski definition) is 1. The van der Waals surface area contributed by atoms with Crippen LogP contribution in [0.2, 0.25) is 0 Å². The van der Waals surface area contributed by atoms with E-state index in [2.05, 4.69) is 5.32 Å². The fourth-order valence-electron chi connectivity index (χ4n) is 2.26. The van der Waals surface area contributed by atoms with E-state index >= 15 is 0 Å². The summed E-state index contributed by atoms with van der Waals surface area (Å²) < 4.78 is 0. The fourth-order valence-corrected chi connectivity index (χ4v) is 3.44. The summed E-state index contributed by atoms with van der Waals surface area (Å²) in [6.45, 7) is 1.97. The van der Waals surface area contributed by atoms with E-state index in [1.807, 2.05) is 18.4 Å². The monoisotopic (exact) mass is 271 g/mol. The highest BCUT2D eigenvalue weighted by atomic mass is 35.5. The summed E-state index contributed by atoms with van der Waals surface area (Å²) in [6, 6.07) is 2.11. The average Bonchev–Trinajstić information content (AvgIpc) is 2.63. The van der Waals surface area contributed by atoms with Crippen molar-refractivity contribution in [3.05, 3.63) is 21.9 Å². The van der Waals surface area contributed by atoms with Gasteiger partial charge in [-0.3, -0.25) is 4.79 Å². The number of carbonyl (C=O) groups is 1. The van der Waals surface area contributed by atoms with E-state index in [-0.39, 0.29) is 17.3 Å². The standard InChI is InChI=1S/C13H18ClNOS/c1-9-7-8-17-12(9)13(16)15-11-6-4-2-3-5-10(11)14/h7-8,10-11H,2-6H2,1H3,(H,15,16). The Bertz CT molecular complexity index is 391. The molecular formula is C13H18ClNOS. The summed E-state index contributed by atoms with van der Waals surface area (Å²) in [5, 5.41) is 5.13. The van der Waals surface area contributed by atoms with Crippen LogP contribution in [0.3, 0.4) is 0 Å². The second-order valence-electron chi connectivity index (χ2n) is 4.67. The minimum absolute atomic E-state index is 0.0371. The highest BCUT2D eigenvalue weighted by molar-refractivity contribution is 7.12. The second kappa shape index (κ2) is 5.87. The Balaban J connectivity index is 2.00. The third kappa shape index (κ3) is 3.23. The van der Waals surface area contributed by atoms with Gasteiger partial charge in [0.25, 0.3) is 5.91 Å². The molecule has 1 aliphatic carbocycles. The number of thiophene rings is 1. The predicted octanol–water partition coefficient (Wildman–Crippen LogP) is 3.73. The summed E-state index contributed by atoms with van der Waals surface area (Å²) in [4.78, 5) is 12.9. The molecule has 1 aromatic heterocycles. The Hall–Kier alpha value is -0.540. The van der Waals surface area contributed by atoms with Gasteiger partial charge in [-0.05, 0) is 36.8 Å². The number of rotatable bonds is 2. The van der Waals surface area contributed by atoms with Gasteiger partial charge >= 0.3 is 0 Å². The zero-order chi connectivity index (χ0) is 12.3. The molecule has 2 unspecified atom stereocenters. The molecule has 1 saturated carbocycles. The van der Waals surface area contributed by atoms with Crippen LogP contribution < -0.4 is 5.32 Å². The van der Waals surface area contributed by atoms with Gasteiger partial charge in [-0.2, -0.15) is 0 Å². The van der Waals surface area contributed by atoms with Crippen LogP contribution in [0.15, 0.2) is 11.4 Å². The first-order chi connectivity index (χ1) is 8.18. The second-order valence-corrected chi connectivity index (χ2v) is 6.14. The normalized spacial score (nSPS) is 25.3. The van der Waals surface area contributed by atoms with Gasteiger partial charge in [0.05, 0.1) is 10.3 Å². The predicted molar refractivity (Wildman–Crippen MR) is 73.0 cm³/mol. The Morgan fingerprint density at radius 1 is 1.41 bits per heavy atom. The molecule has 1 heterocycles. The number of halogens is 1. The highest BCUT2D eigenvalue weighted by Crippen LogP contribution is 2.23. The SMILES string of the molecule is Cc1ccsc1C(=O)NC1CCCCCC1Cl. The molecular weight excluding hydrogens is 254 g/mol. The molecule has 0 saturated heterocycles. The van der Waals surface area contributed by atoms with Gasteiger partial charge in [-0.1, -0.05) is 19.3 Å². The number of aryl methyl sites for hydroxylation is 1. The summed E-state index contributed by atoms with van der Waals surface area (Å²) >= 11 is 7.82. The van der Waals surface area contributed by atoms with Crippen LogP contribution in [0.5, 0.6) is 0 Å². The quantitative estimate of drug-likeness (QED) is 0.645. The van der Waals surface area contributed by atoms with Crippen LogP contribution in [0.1, 0.15) is 47.3 Å². The minimum Gasteiger partial charge on any atom is -0.347 e. The Labute approximate surface area is 111 Å². The van der Waals surface area contributed by atoms with Crippen molar-refractivity contribution in [1.29, 1.82) is 0 Å². The molecule has 4 heteroatoms. The lowest BCUT2D eigenvalue weighted by molar-refractivity contribution is 0.0937. The van der Waals surface area contributed by atoms with Gasteiger partial charge < -0.3 is 5.32 Å². The molecule has 94 valence electrons. The zero-order valence-corrected chi connectivity index (χ0v) is 11.6. The van der Waals surface area contributed by atoms with Gasteiger partial charge in [-0.15, -0.1) is 22.9 Å². The van der Waals surface area contributed by atoms with Gasteiger partial charge in [-0.25, -0.2) is 0 Å². The fraction of sp³-hybridized carbons (Fsp3) is 0.615. The molecule has 17 heavy (non-hydrogen) atoms. The first-order valence-corrected chi connectivity index (χ1v) is 7.49. The molecule has 0 aromatic carbocycles. The van der Waals surface area contributed by atoms with Crippen molar-refractivity contribution < 1.29 is 4.79 Å². The molecule has 2 nitrogen and oxygen atoms in total. The smallest absolute Gasteiger partial charge is 0.261 e. The number of amides is 1. The molecule has 0 aliphatic heterocycles. The van der Waals surface area contributed by atoms with E-state index in [1.165, 1.54) is 24.2 Å². The molecule has 1 N–H and O–H groups in total. The zero-order valence-electron chi connectivity index (χ0n) is 10.0. The highest BCUT2D eigenvalue weighted by Gasteiger charge is 2.24. The van der Waals surface area contributed by atoms with Crippen LogP contribution in [-0.2, 0) is 0 Å². The van der Waals surface area contributed by atoms with Gasteiger partial charge in [0, 0.05) is 6.04 Å². The maximum absolute atomic E-state index is 12.1. The summed E-state index contributed by atoms with van der Waals surface area (Å²) in [7, 11) is 0. The van der Waals surface area contributed by atoms with Crippen LogP contribution in [-0.4, -0.2) is 17.3 Å². The van der Waals surface area contributed by atoms with Crippen molar-refractivity contribution in [3.63, 3.8) is 0 Å². The number of nitrogens with one attached hydrogen (secondary N) is 1. The minimum atomic E-state index is 0.0371. The summed E-state index contributed by atoms with van der Waals surface area (Å²) in [5.41, 5.74) is 1.05. The number of carbonyl (C=O) groups excluding carboxylic acids is 1. The molecule has 1 fully saturated rings. The molecule has 1 aromatic rings. The summed E-state index contributed by atoms with van der Waals surface area (Å²) in [6.07, 6.45) is 5.59. The number of alkyl halides is 1. The van der Waals surface area contributed by atoms with Crippen molar-refractivity contribution in [2.24, 2.45) is 0 Å². The van der Waals surface area contributed by atoms with E-state index in [1.54, 1.807) is 0 Å². The lowest BCUT2D eigenvalue weighted by Crippen LogP contribution is -2.40. The van der Waals surface area contributed by atoms with Gasteiger partial charge in [0.2, 0.25) is 0 Å². The van der Waals surface area contributed by atoms with Crippen molar-refractivity contribution in [1.82, 2.24) is 5.32 Å². The Morgan fingerprint density at radius 3 is 2.88 bits per heavy atom. The molecule has 1 aliphatic rings. The van der Waals surface area contributed by atoms with E-state index in [9.17, 15) is 4.79 Å². The molecule has 0 bridgehead atoms. The maximum Gasteiger partial charge on any atom is 0.261 e. The van der Waals surface area contributed by atoms with E-state index < -0.39 is 0 Å². The Morgan fingerprint density at radius 2 is 2.18 bits per heavy atom. The van der Waals surface area contributed by atoms with Crippen LogP contribution in [0.4, 0.5) is 0 Å². The first-order valence-electron chi connectivity index (χ1n) is 6.17. The summed E-state index contributed by atoms with van der Waals surface area (Å²) in [5.74, 6) is 0.0371. The van der Waals surface area contributed by atoms with E-state index in [4.69, 9.17) is 11.6 Å². The third-order valence-corrected chi connectivity index (χ3v) is 4.85.